The zero-order valence-electron chi connectivity index (χ0n) is 8.23. The second kappa shape index (κ2) is 5.75. The average Bonchev–Trinajstić information content (AvgIpc) is 2.02. The van der Waals surface area contributed by atoms with Crippen LogP contribution in [0.4, 0.5) is 13.2 Å². The Labute approximate surface area is 96.8 Å². The maximum absolute atomic E-state index is 12.1. The van der Waals surface area contributed by atoms with Gasteiger partial charge in [-0.15, -0.1) is 0 Å². The number of piperazine rings is 1. The van der Waals surface area contributed by atoms with Crippen molar-refractivity contribution in [3.05, 3.63) is 0 Å². The van der Waals surface area contributed by atoms with E-state index in [0.29, 0.717) is 0 Å². The first kappa shape index (κ1) is 14.8. The van der Waals surface area contributed by atoms with Gasteiger partial charge in [-0.2, -0.15) is 13.2 Å². The van der Waals surface area contributed by atoms with Crippen molar-refractivity contribution in [2.75, 3.05) is 13.1 Å². The van der Waals surface area contributed by atoms with Crippen LogP contribution in [-0.2, 0) is 4.79 Å². The van der Waals surface area contributed by atoms with Gasteiger partial charge < -0.3 is 20.5 Å². The molecular formula is C7H10F3LiN2O2. The van der Waals surface area contributed by atoms with E-state index in [4.69, 9.17) is 0 Å². The van der Waals surface area contributed by atoms with Crippen LogP contribution in [0.15, 0.2) is 0 Å². The molecule has 1 aliphatic heterocycles. The number of nitrogens with one attached hydrogen (secondary N) is 2. The van der Waals surface area contributed by atoms with Crippen LogP contribution >= 0.6 is 0 Å². The van der Waals surface area contributed by atoms with Crippen molar-refractivity contribution in [2.45, 2.75) is 24.7 Å². The monoisotopic (exact) mass is 218 g/mol. The molecule has 0 spiro atoms. The van der Waals surface area contributed by atoms with Gasteiger partial charge in [0.25, 0.3) is 0 Å². The first-order valence-corrected chi connectivity index (χ1v) is 4.13. The molecule has 0 bridgehead atoms. The van der Waals surface area contributed by atoms with Gasteiger partial charge >= 0.3 is 25.0 Å². The molecule has 0 saturated carbocycles. The summed E-state index contributed by atoms with van der Waals surface area (Å²) in [4.78, 5) is 10.1. The number of alkyl halides is 3. The second-order valence-electron chi connectivity index (χ2n) is 3.18. The summed E-state index contributed by atoms with van der Waals surface area (Å²) < 4.78 is 36.3. The van der Waals surface area contributed by atoms with Gasteiger partial charge in [0.2, 0.25) is 0 Å². The van der Waals surface area contributed by atoms with Gasteiger partial charge in [0.1, 0.15) is 6.04 Å². The van der Waals surface area contributed by atoms with Crippen molar-refractivity contribution in [3.63, 3.8) is 0 Å². The SMILES string of the molecule is O=C([O-])CC1CNC(C(F)(F)F)CN1.[Li+]. The van der Waals surface area contributed by atoms with Crippen LogP contribution in [0, 0.1) is 0 Å². The molecule has 0 amide bonds. The molecule has 2 unspecified atom stereocenters. The second-order valence-corrected chi connectivity index (χ2v) is 3.18. The predicted octanol–water partition coefficient (Wildman–Crippen LogP) is -4.38. The Morgan fingerprint density at radius 1 is 1.33 bits per heavy atom. The first-order chi connectivity index (χ1) is 6.39. The zero-order valence-corrected chi connectivity index (χ0v) is 8.23. The summed E-state index contributed by atoms with van der Waals surface area (Å²) in [6, 6.07) is -2.08. The van der Waals surface area contributed by atoms with Gasteiger partial charge in [-0.1, -0.05) is 0 Å². The number of carboxylic acids is 1. The predicted molar refractivity (Wildman–Crippen MR) is 39.3 cm³/mol. The number of halogens is 3. The summed E-state index contributed by atoms with van der Waals surface area (Å²) in [6.45, 7) is -0.320. The van der Waals surface area contributed by atoms with E-state index >= 15 is 0 Å². The van der Waals surface area contributed by atoms with E-state index in [1.807, 2.05) is 0 Å². The molecule has 1 aliphatic rings. The largest absolute Gasteiger partial charge is 1.00 e. The van der Waals surface area contributed by atoms with Crippen molar-refractivity contribution in [3.8, 4) is 0 Å². The van der Waals surface area contributed by atoms with Crippen LogP contribution in [0.2, 0.25) is 0 Å². The summed E-state index contributed by atoms with van der Waals surface area (Å²) in [6.07, 6.45) is -4.57. The van der Waals surface area contributed by atoms with Gasteiger partial charge in [-0.25, -0.2) is 0 Å². The number of hydrogen-bond acceptors (Lipinski definition) is 4. The summed E-state index contributed by atoms with van der Waals surface area (Å²) in [5.74, 6) is -1.27. The Hall–Kier alpha value is -0.223. The summed E-state index contributed by atoms with van der Waals surface area (Å²) in [7, 11) is 0. The summed E-state index contributed by atoms with van der Waals surface area (Å²) in [5.41, 5.74) is 0. The Morgan fingerprint density at radius 3 is 2.27 bits per heavy atom. The fraction of sp³-hybridized carbons (Fsp3) is 0.857. The Morgan fingerprint density at radius 2 is 1.93 bits per heavy atom. The summed E-state index contributed by atoms with van der Waals surface area (Å²) >= 11 is 0. The molecule has 0 aromatic carbocycles. The molecule has 0 aromatic heterocycles. The maximum atomic E-state index is 12.1. The molecule has 4 nitrogen and oxygen atoms in total. The quantitative estimate of drug-likeness (QED) is 0.459. The number of carbonyl (C=O) groups excluding carboxylic acids is 1. The zero-order chi connectivity index (χ0) is 10.8. The molecule has 8 heteroatoms. The molecule has 0 radical (unpaired) electrons. The van der Waals surface area contributed by atoms with Crippen LogP contribution in [-0.4, -0.2) is 37.3 Å². The molecule has 0 aromatic rings. The minimum absolute atomic E-state index is 0. The van der Waals surface area contributed by atoms with E-state index in [9.17, 15) is 23.1 Å². The standard InChI is InChI=1S/C7H11F3N2O2.Li/c8-7(9,10)5-3-11-4(2-12-5)1-6(13)14;/h4-5,11-12H,1-3H2,(H,13,14);/q;+1/p-1. The minimum atomic E-state index is -4.29. The van der Waals surface area contributed by atoms with E-state index in [0.717, 1.165) is 0 Å². The fourth-order valence-electron chi connectivity index (χ4n) is 1.29. The van der Waals surface area contributed by atoms with E-state index in [1.54, 1.807) is 0 Å². The molecule has 15 heavy (non-hydrogen) atoms. The van der Waals surface area contributed by atoms with E-state index in [2.05, 4.69) is 10.6 Å². The average molecular weight is 218 g/mol. The first-order valence-electron chi connectivity index (χ1n) is 4.13. The molecule has 2 N–H and O–H groups in total. The van der Waals surface area contributed by atoms with Crippen LogP contribution in [0.3, 0.4) is 0 Å². The number of rotatable bonds is 2. The number of hydrogen-bond donors (Lipinski definition) is 2. The van der Waals surface area contributed by atoms with Crippen molar-refractivity contribution in [1.29, 1.82) is 0 Å². The molecule has 82 valence electrons. The van der Waals surface area contributed by atoms with Crippen LogP contribution in [0.25, 0.3) is 0 Å². The van der Waals surface area contributed by atoms with Gasteiger partial charge in [0, 0.05) is 31.5 Å². The third kappa shape index (κ3) is 4.89. The molecule has 1 fully saturated rings. The van der Waals surface area contributed by atoms with Gasteiger partial charge in [0.05, 0.1) is 0 Å². The van der Waals surface area contributed by atoms with Gasteiger partial charge in [-0.3, -0.25) is 0 Å². The fourth-order valence-corrected chi connectivity index (χ4v) is 1.29. The Kier molecular flexibility index (Phi) is 5.67. The van der Waals surface area contributed by atoms with Crippen molar-refractivity contribution in [1.82, 2.24) is 10.6 Å². The molecule has 0 aliphatic carbocycles. The molecule has 1 heterocycles. The normalized spacial score (nSPS) is 26.9. The van der Waals surface area contributed by atoms with Crippen molar-refractivity contribution in [2.24, 2.45) is 0 Å². The van der Waals surface area contributed by atoms with Crippen LogP contribution in [0.5, 0.6) is 0 Å². The topological polar surface area (TPSA) is 64.2 Å². The smallest absolute Gasteiger partial charge is 0.550 e. The van der Waals surface area contributed by atoms with E-state index in [1.165, 1.54) is 0 Å². The summed E-state index contributed by atoms with van der Waals surface area (Å²) in [5, 5.41) is 14.9. The molecule has 1 saturated heterocycles. The maximum Gasteiger partial charge on any atom is 1.00 e. The van der Waals surface area contributed by atoms with Gasteiger partial charge in [-0.05, 0) is 0 Å². The molecular weight excluding hydrogens is 208 g/mol. The van der Waals surface area contributed by atoms with Gasteiger partial charge in [0.15, 0.2) is 0 Å². The number of aliphatic carboxylic acids is 1. The molecule has 2 atom stereocenters. The van der Waals surface area contributed by atoms with Crippen LogP contribution in [0.1, 0.15) is 6.42 Å². The van der Waals surface area contributed by atoms with E-state index in [-0.39, 0.29) is 38.4 Å². The minimum Gasteiger partial charge on any atom is -0.550 e. The molecule has 1 rings (SSSR count). The Balaban J connectivity index is 0.00000196. The van der Waals surface area contributed by atoms with Crippen molar-refractivity contribution < 1.29 is 41.9 Å². The number of carboxylic acid groups (broad SMARTS) is 1. The third-order valence-electron chi connectivity index (χ3n) is 2.03. The van der Waals surface area contributed by atoms with Crippen LogP contribution < -0.4 is 34.6 Å². The Bertz CT molecular complexity index is 217. The third-order valence-corrected chi connectivity index (χ3v) is 2.03. The van der Waals surface area contributed by atoms with Crippen molar-refractivity contribution >= 4 is 5.97 Å². The number of carbonyl (C=O) groups is 1. The van der Waals surface area contributed by atoms with E-state index < -0.39 is 24.2 Å².